The summed E-state index contributed by atoms with van der Waals surface area (Å²) in [4.78, 5) is 13.2. The van der Waals surface area contributed by atoms with Crippen molar-refractivity contribution >= 4 is 11.6 Å². The first-order chi connectivity index (χ1) is 9.17. The van der Waals surface area contributed by atoms with Crippen LogP contribution in [0.4, 0.5) is 5.69 Å². The molecule has 0 radical (unpaired) electrons. The molecule has 0 fully saturated rings. The Bertz CT molecular complexity index is 464. The molecule has 2 rings (SSSR count). The third-order valence-electron chi connectivity index (χ3n) is 3.13. The summed E-state index contributed by atoms with van der Waals surface area (Å²) in [5.74, 6) is 0.0502. The fourth-order valence-electron chi connectivity index (χ4n) is 2.08. The fourth-order valence-corrected chi connectivity index (χ4v) is 2.08. The maximum absolute atomic E-state index is 11.4. The van der Waals surface area contributed by atoms with Crippen LogP contribution in [-0.2, 0) is 0 Å². The van der Waals surface area contributed by atoms with E-state index in [9.17, 15) is 9.90 Å². The molecule has 0 aliphatic carbocycles. The van der Waals surface area contributed by atoms with Crippen molar-refractivity contribution in [1.82, 2.24) is 5.48 Å². The van der Waals surface area contributed by atoms with Crippen LogP contribution in [0.3, 0.4) is 0 Å². The zero-order valence-corrected chi connectivity index (χ0v) is 10.8. The van der Waals surface area contributed by atoms with E-state index in [1.165, 1.54) is 0 Å². The van der Waals surface area contributed by atoms with Crippen LogP contribution in [0.5, 0.6) is 5.75 Å². The summed E-state index contributed by atoms with van der Waals surface area (Å²) in [6.07, 6.45) is 1.23. The molecule has 1 atom stereocenters. The molecule has 0 aromatic heterocycles. The van der Waals surface area contributed by atoms with Crippen molar-refractivity contribution in [3.63, 3.8) is 0 Å². The van der Waals surface area contributed by atoms with Crippen molar-refractivity contribution in [2.24, 2.45) is 0 Å². The number of carbonyl (C=O) groups excluding carboxylic acids is 1. The van der Waals surface area contributed by atoms with Crippen LogP contribution in [0.1, 0.15) is 30.1 Å². The number of ether oxygens (including phenoxy) is 1. The quantitative estimate of drug-likeness (QED) is 0.562. The highest BCUT2D eigenvalue weighted by Crippen LogP contribution is 2.34. The van der Waals surface area contributed by atoms with Gasteiger partial charge in [-0.25, -0.2) is 5.48 Å². The lowest BCUT2D eigenvalue weighted by Crippen LogP contribution is -2.43. The Morgan fingerprint density at radius 2 is 2.37 bits per heavy atom. The van der Waals surface area contributed by atoms with E-state index in [1.54, 1.807) is 23.7 Å². The topological polar surface area (TPSA) is 82.0 Å². The number of unbranched alkanes of at least 4 members (excludes halogenated alkanes) is 1. The third kappa shape index (κ3) is 2.80. The number of aliphatic hydroxyl groups is 1. The van der Waals surface area contributed by atoms with Crippen LogP contribution in [0.2, 0.25) is 0 Å². The lowest BCUT2D eigenvalue weighted by Gasteiger charge is -2.35. The number of hydrogen-bond acceptors (Lipinski definition) is 5. The summed E-state index contributed by atoms with van der Waals surface area (Å²) in [5.41, 5.74) is 2.59. The third-order valence-corrected chi connectivity index (χ3v) is 3.13. The molecular weight excluding hydrogens is 248 g/mol. The average Bonchev–Trinajstić information content (AvgIpc) is 2.45. The van der Waals surface area contributed by atoms with E-state index in [0.717, 1.165) is 12.8 Å². The van der Waals surface area contributed by atoms with Crippen molar-refractivity contribution in [2.75, 3.05) is 18.1 Å². The minimum atomic E-state index is -0.716. The number of carbonyl (C=O) groups is 1. The number of nitrogens with one attached hydrogen (secondary N) is 1. The van der Waals surface area contributed by atoms with Gasteiger partial charge in [-0.2, -0.15) is 0 Å². The minimum Gasteiger partial charge on any atom is -0.487 e. The molecule has 6 nitrogen and oxygen atoms in total. The maximum Gasteiger partial charge on any atom is 0.274 e. The standard InChI is InChI=1S/C13H18N2O4/c1-2-3-6-15-10-7-9(13(17)14-18)4-5-11(10)19-8-12(15)16/h4-5,7,12,16,18H,2-3,6,8H2,1H3,(H,14,17). The van der Waals surface area contributed by atoms with Crippen LogP contribution < -0.4 is 15.1 Å². The normalized spacial score (nSPS) is 17.6. The summed E-state index contributed by atoms with van der Waals surface area (Å²) < 4.78 is 5.43. The Labute approximate surface area is 111 Å². The van der Waals surface area contributed by atoms with Crippen LogP contribution in [-0.4, -0.2) is 35.6 Å². The molecule has 3 N–H and O–H groups in total. The van der Waals surface area contributed by atoms with E-state index in [0.29, 0.717) is 23.5 Å². The molecule has 1 aliphatic heterocycles. The molecule has 0 saturated carbocycles. The summed E-state index contributed by atoms with van der Waals surface area (Å²) >= 11 is 0. The van der Waals surface area contributed by atoms with Gasteiger partial charge in [-0.1, -0.05) is 13.3 Å². The highest BCUT2D eigenvalue weighted by Gasteiger charge is 2.26. The van der Waals surface area contributed by atoms with Crippen molar-refractivity contribution in [3.8, 4) is 5.75 Å². The van der Waals surface area contributed by atoms with Gasteiger partial charge in [0.15, 0.2) is 6.23 Å². The summed E-state index contributed by atoms with van der Waals surface area (Å²) in [6.45, 7) is 2.98. The molecular formula is C13H18N2O4. The number of hydrogen-bond donors (Lipinski definition) is 3. The molecule has 0 saturated heterocycles. The first-order valence-corrected chi connectivity index (χ1v) is 6.33. The zero-order chi connectivity index (χ0) is 13.8. The smallest absolute Gasteiger partial charge is 0.274 e. The molecule has 1 unspecified atom stereocenters. The molecule has 104 valence electrons. The number of benzene rings is 1. The van der Waals surface area contributed by atoms with E-state index in [2.05, 4.69) is 6.92 Å². The summed E-state index contributed by atoms with van der Waals surface area (Å²) in [6, 6.07) is 4.85. The number of fused-ring (bicyclic) bond motifs is 1. The second kappa shape index (κ2) is 5.90. The van der Waals surface area contributed by atoms with Gasteiger partial charge in [-0.3, -0.25) is 10.0 Å². The fraction of sp³-hybridized carbons (Fsp3) is 0.462. The van der Waals surface area contributed by atoms with Gasteiger partial charge in [-0.15, -0.1) is 0 Å². The van der Waals surface area contributed by atoms with Gasteiger partial charge < -0.3 is 14.7 Å². The van der Waals surface area contributed by atoms with E-state index in [4.69, 9.17) is 9.94 Å². The Morgan fingerprint density at radius 1 is 1.58 bits per heavy atom. The molecule has 1 aromatic carbocycles. The van der Waals surface area contributed by atoms with Crippen LogP contribution in [0.15, 0.2) is 18.2 Å². The summed E-state index contributed by atoms with van der Waals surface area (Å²) in [7, 11) is 0. The highest BCUT2D eigenvalue weighted by atomic mass is 16.5. The minimum absolute atomic E-state index is 0.211. The van der Waals surface area contributed by atoms with Gasteiger partial charge in [0.25, 0.3) is 5.91 Å². The average molecular weight is 266 g/mol. The molecule has 1 aliphatic rings. The van der Waals surface area contributed by atoms with E-state index < -0.39 is 12.1 Å². The molecule has 0 spiro atoms. The van der Waals surface area contributed by atoms with Crippen molar-refractivity contribution in [3.05, 3.63) is 23.8 Å². The number of rotatable bonds is 4. The lowest BCUT2D eigenvalue weighted by molar-refractivity contribution is 0.0704. The predicted octanol–water partition coefficient (Wildman–Crippen LogP) is 1.12. The molecule has 6 heteroatoms. The number of hydroxylamine groups is 1. The van der Waals surface area contributed by atoms with Gasteiger partial charge >= 0.3 is 0 Å². The summed E-state index contributed by atoms with van der Waals surface area (Å²) in [5, 5.41) is 18.6. The second-order valence-corrected chi connectivity index (χ2v) is 4.46. The van der Waals surface area contributed by atoms with E-state index >= 15 is 0 Å². The maximum atomic E-state index is 11.4. The van der Waals surface area contributed by atoms with Crippen LogP contribution in [0.25, 0.3) is 0 Å². The Kier molecular flexibility index (Phi) is 4.24. The van der Waals surface area contributed by atoms with Gasteiger partial charge in [0.1, 0.15) is 12.4 Å². The first-order valence-electron chi connectivity index (χ1n) is 6.33. The van der Waals surface area contributed by atoms with Crippen LogP contribution in [0, 0.1) is 0 Å². The number of anilines is 1. The number of nitrogens with zero attached hydrogens (tertiary/aromatic N) is 1. The second-order valence-electron chi connectivity index (χ2n) is 4.46. The molecule has 0 bridgehead atoms. The van der Waals surface area contributed by atoms with Gasteiger partial charge in [0, 0.05) is 12.1 Å². The SMILES string of the molecule is CCCCN1c2cc(C(=O)NO)ccc2OCC1O. The monoisotopic (exact) mass is 266 g/mol. The van der Waals surface area contributed by atoms with Gasteiger partial charge in [0.2, 0.25) is 0 Å². The Morgan fingerprint density at radius 3 is 3.05 bits per heavy atom. The molecule has 19 heavy (non-hydrogen) atoms. The highest BCUT2D eigenvalue weighted by molar-refractivity contribution is 5.95. The van der Waals surface area contributed by atoms with E-state index in [1.807, 2.05) is 4.90 Å². The largest absolute Gasteiger partial charge is 0.487 e. The van der Waals surface area contributed by atoms with Crippen LogP contribution >= 0.6 is 0 Å². The van der Waals surface area contributed by atoms with Gasteiger partial charge in [-0.05, 0) is 24.6 Å². The van der Waals surface area contributed by atoms with Crippen molar-refractivity contribution in [1.29, 1.82) is 0 Å². The van der Waals surface area contributed by atoms with Gasteiger partial charge in [0.05, 0.1) is 5.69 Å². The van der Waals surface area contributed by atoms with E-state index in [-0.39, 0.29) is 6.61 Å². The number of amides is 1. The number of aliphatic hydroxyl groups excluding tert-OH is 1. The Balaban J connectivity index is 2.32. The predicted molar refractivity (Wildman–Crippen MR) is 69.5 cm³/mol. The molecule has 1 aromatic rings. The first kappa shape index (κ1) is 13.6. The zero-order valence-electron chi connectivity index (χ0n) is 10.8. The lowest BCUT2D eigenvalue weighted by atomic mass is 10.1. The molecule has 1 heterocycles. The molecule has 1 amide bonds. The van der Waals surface area contributed by atoms with Crippen molar-refractivity contribution < 1.29 is 19.8 Å². The Hall–Kier alpha value is -1.79. The van der Waals surface area contributed by atoms with Crippen molar-refractivity contribution in [2.45, 2.75) is 26.0 Å².